The van der Waals surface area contributed by atoms with Crippen LogP contribution in [0.2, 0.25) is 0 Å². The van der Waals surface area contributed by atoms with Crippen LogP contribution in [0.25, 0.3) is 22.2 Å². The Hall–Kier alpha value is -6.05. The Morgan fingerprint density at radius 2 is 1.75 bits per heavy atom. The van der Waals surface area contributed by atoms with Gasteiger partial charge in [0.1, 0.15) is 22.8 Å². The lowest BCUT2D eigenvalue weighted by Gasteiger charge is -2.29. The first kappa shape index (κ1) is 38.5. The number of carbonyl (C=O) groups is 1. The van der Waals surface area contributed by atoms with E-state index in [4.69, 9.17) is 9.47 Å². The molecule has 0 spiro atoms. The van der Waals surface area contributed by atoms with Crippen LogP contribution in [-0.4, -0.2) is 57.6 Å². The van der Waals surface area contributed by atoms with E-state index in [0.717, 1.165) is 54.4 Å². The molecular weight excluding hydrogens is 765 g/mol. The van der Waals surface area contributed by atoms with E-state index in [0.29, 0.717) is 54.7 Å². The molecule has 13 heteroatoms. The molecule has 1 saturated carbocycles. The molecule has 6 aromatic rings. The van der Waals surface area contributed by atoms with E-state index >= 15 is 0 Å². The van der Waals surface area contributed by atoms with Gasteiger partial charge < -0.3 is 24.7 Å². The number of amides is 1. The average Bonchev–Trinajstić information content (AvgIpc) is 3.79. The van der Waals surface area contributed by atoms with Crippen molar-refractivity contribution >= 4 is 43.7 Å². The van der Waals surface area contributed by atoms with E-state index < -0.39 is 20.6 Å². The molecule has 2 saturated heterocycles. The van der Waals surface area contributed by atoms with Gasteiger partial charge in [0.2, 0.25) is 0 Å². The number of H-pyrrole nitrogens is 1. The minimum Gasteiger partial charge on any atom is -0.455 e. The largest absolute Gasteiger partial charge is 0.455 e. The van der Waals surface area contributed by atoms with Gasteiger partial charge >= 0.3 is 0 Å². The number of nitrogens with zero attached hydrogens (tertiary/aromatic N) is 4. The molecule has 2 unspecified atom stereocenters. The van der Waals surface area contributed by atoms with E-state index in [2.05, 4.69) is 73.1 Å². The summed E-state index contributed by atoms with van der Waals surface area (Å²) in [4.78, 5) is 35.8. The van der Waals surface area contributed by atoms with Crippen molar-refractivity contribution in [2.75, 3.05) is 42.8 Å². The van der Waals surface area contributed by atoms with Gasteiger partial charge in [0.05, 0.1) is 37.3 Å². The number of pyridine rings is 1. The second-order valence-corrected chi connectivity index (χ2v) is 18.0. The molecule has 302 valence electrons. The Morgan fingerprint density at radius 1 is 0.966 bits per heavy atom. The lowest BCUT2D eigenvalue weighted by atomic mass is 9.95. The fourth-order valence-corrected chi connectivity index (χ4v) is 9.57. The molecule has 59 heavy (non-hydrogen) atoms. The maximum absolute atomic E-state index is 14.1. The van der Waals surface area contributed by atoms with Crippen molar-refractivity contribution in [3.63, 3.8) is 0 Å². The first-order valence-electron chi connectivity index (χ1n) is 20.3. The molecule has 0 bridgehead atoms. The highest BCUT2D eigenvalue weighted by Crippen LogP contribution is 2.46. The van der Waals surface area contributed by atoms with E-state index in [-0.39, 0.29) is 21.9 Å². The number of aromatic amines is 1. The fraction of sp³-hybridized carbons (Fsp3) is 0.304. The summed E-state index contributed by atoms with van der Waals surface area (Å²) in [6.45, 7) is 2.88. The molecule has 3 aliphatic rings. The number of carbonyl (C=O) groups excluding carboxylic acids is 1. The summed E-state index contributed by atoms with van der Waals surface area (Å²) < 4.78 is 30.1. The maximum atomic E-state index is 14.1. The molecule has 2 N–H and O–H groups in total. The molecule has 2 aromatic heterocycles. The second kappa shape index (κ2) is 16.3. The zero-order valence-corrected chi connectivity index (χ0v) is 33.7. The lowest BCUT2D eigenvalue weighted by Crippen LogP contribution is -2.23. The van der Waals surface area contributed by atoms with E-state index in [9.17, 15) is 19.1 Å². The number of aromatic nitrogens is 2. The number of hydrogen-bond acceptors (Lipinski definition) is 9. The van der Waals surface area contributed by atoms with Crippen LogP contribution < -0.4 is 15.0 Å². The number of nitro benzene ring substituents is 1. The quantitative estimate of drug-likeness (QED) is 0.0909. The van der Waals surface area contributed by atoms with Crippen LogP contribution in [0.15, 0.2) is 119 Å². The van der Waals surface area contributed by atoms with Gasteiger partial charge in [-0.15, -0.1) is 0 Å². The minimum absolute atomic E-state index is 0.0757. The second-order valence-electron chi connectivity index (χ2n) is 15.8. The monoisotopic (exact) mass is 810 g/mol. The summed E-state index contributed by atoms with van der Waals surface area (Å²) in [6, 6.07) is 31.0. The smallest absolute Gasteiger partial charge is 0.293 e. The van der Waals surface area contributed by atoms with Crippen LogP contribution in [0, 0.1) is 16.0 Å². The molecular formula is C46H46N6O6S. The zero-order valence-electron chi connectivity index (χ0n) is 32.8. The van der Waals surface area contributed by atoms with Crippen LogP contribution >= 0.6 is 0 Å². The highest BCUT2D eigenvalue weighted by Gasteiger charge is 2.33. The molecule has 0 radical (unpaired) electrons. The van der Waals surface area contributed by atoms with E-state index in [1.165, 1.54) is 48.4 Å². The fourth-order valence-electron chi connectivity index (χ4n) is 8.40. The first-order chi connectivity index (χ1) is 28.7. The minimum atomic E-state index is -3.43. The molecule has 4 aromatic carbocycles. The number of nitro groups is 1. The molecule has 2 atom stereocenters. The Labute approximate surface area is 343 Å². The molecule has 12 nitrogen and oxygen atoms in total. The summed E-state index contributed by atoms with van der Waals surface area (Å²) in [5, 5.41) is 16.2. The SMILES string of the molecule is CS(=O)(=NC(=O)c1ccc(-c2ccc(N3CCCC3c3ccccc3C3CC3)cc2)cc1Oc1cnc2[nH]ccc2c1)c1ccc(NCC2CCOCC2)c([N+](=O)[O-])c1. The van der Waals surface area contributed by atoms with Gasteiger partial charge in [-0.3, -0.25) is 14.9 Å². The summed E-state index contributed by atoms with van der Waals surface area (Å²) in [5.41, 5.74) is 6.71. The number of fused-ring (bicyclic) bond motifs is 1. The number of rotatable bonds is 12. The van der Waals surface area contributed by atoms with Gasteiger partial charge in [0.25, 0.3) is 11.6 Å². The van der Waals surface area contributed by atoms with Crippen molar-refractivity contribution in [1.82, 2.24) is 9.97 Å². The number of anilines is 2. The number of nitrogens with one attached hydrogen (secondary N) is 2. The number of benzene rings is 4. The molecule has 1 aliphatic carbocycles. The lowest BCUT2D eigenvalue weighted by molar-refractivity contribution is -0.384. The maximum Gasteiger partial charge on any atom is 0.293 e. The van der Waals surface area contributed by atoms with Crippen molar-refractivity contribution in [2.45, 2.75) is 55.4 Å². The van der Waals surface area contributed by atoms with Crippen molar-refractivity contribution < 1.29 is 23.4 Å². The van der Waals surface area contributed by atoms with Crippen molar-refractivity contribution in [3.8, 4) is 22.6 Å². The van der Waals surface area contributed by atoms with Gasteiger partial charge in [-0.1, -0.05) is 42.5 Å². The topological polar surface area (TPSA) is 152 Å². The highest BCUT2D eigenvalue weighted by molar-refractivity contribution is 7.93. The third-order valence-corrected chi connectivity index (χ3v) is 13.4. The average molecular weight is 811 g/mol. The van der Waals surface area contributed by atoms with Gasteiger partial charge in [0.15, 0.2) is 0 Å². The Kier molecular flexibility index (Phi) is 10.6. The molecule has 9 rings (SSSR count). The van der Waals surface area contributed by atoms with E-state index in [1.54, 1.807) is 24.5 Å². The third kappa shape index (κ3) is 8.30. The van der Waals surface area contributed by atoms with Gasteiger partial charge in [0, 0.05) is 55.9 Å². The van der Waals surface area contributed by atoms with Crippen LogP contribution in [-0.2, 0) is 14.5 Å². The van der Waals surface area contributed by atoms with Crippen LogP contribution in [0.5, 0.6) is 11.5 Å². The molecule has 1 amide bonds. The summed E-state index contributed by atoms with van der Waals surface area (Å²) in [5.74, 6) is 0.851. The number of hydrogen-bond donors (Lipinski definition) is 2. The van der Waals surface area contributed by atoms with Crippen molar-refractivity contribution in [3.05, 3.63) is 136 Å². The van der Waals surface area contributed by atoms with Gasteiger partial charge in [-0.25, -0.2) is 9.19 Å². The van der Waals surface area contributed by atoms with Gasteiger partial charge in [-0.05, 0) is 121 Å². The molecule has 3 fully saturated rings. The standard InChI is InChI=1S/C46H46N6O6S/c1-59(56,37-15-17-41(43(27-37)52(54)55)48-28-30-19-23-57-24-20-30)50-46(53)40-16-12-33(26-44(40)58-36-25-34-18-21-47-45(34)49-29-36)31-10-13-35(14-11-31)51-22-4-7-42(51)39-6-3-2-5-38(39)32-8-9-32/h2-3,5-6,10-18,21,25-27,29-30,32,42,48H,4,7-9,19-20,22-24,28H2,1H3,(H,47,49). The van der Waals surface area contributed by atoms with E-state index in [1.807, 2.05) is 18.2 Å². The summed E-state index contributed by atoms with van der Waals surface area (Å²) >= 11 is 0. The third-order valence-electron chi connectivity index (χ3n) is 11.8. The highest BCUT2D eigenvalue weighted by atomic mass is 32.2. The molecule has 2 aliphatic heterocycles. The van der Waals surface area contributed by atoms with Crippen LogP contribution in [0.1, 0.15) is 72.0 Å². The Balaban J connectivity index is 1.01. The molecule has 4 heterocycles. The first-order valence-corrected chi connectivity index (χ1v) is 22.2. The van der Waals surface area contributed by atoms with Crippen LogP contribution in [0.3, 0.4) is 0 Å². The van der Waals surface area contributed by atoms with Crippen molar-refractivity contribution in [2.24, 2.45) is 10.3 Å². The zero-order chi connectivity index (χ0) is 40.5. The van der Waals surface area contributed by atoms with Crippen molar-refractivity contribution in [1.29, 1.82) is 0 Å². The predicted octanol–water partition coefficient (Wildman–Crippen LogP) is 10.3. The van der Waals surface area contributed by atoms with Crippen LogP contribution in [0.4, 0.5) is 17.1 Å². The summed E-state index contributed by atoms with van der Waals surface area (Å²) in [7, 11) is -3.43. The van der Waals surface area contributed by atoms with Gasteiger partial charge in [-0.2, -0.15) is 4.36 Å². The Morgan fingerprint density at radius 3 is 2.53 bits per heavy atom. The Bertz CT molecular complexity index is 2660. The summed E-state index contributed by atoms with van der Waals surface area (Å²) in [6.07, 6.45) is 11.2. The normalized spacial score (nSPS) is 18.1. The number of ether oxygens (including phenoxy) is 2. The predicted molar refractivity (Wildman–Crippen MR) is 230 cm³/mol.